The van der Waals surface area contributed by atoms with E-state index in [4.69, 9.17) is 21.3 Å². The molecular weight excluding hydrogens is 366 g/mol. The molecule has 4 rings (SSSR count). The fraction of sp³-hybridized carbons (Fsp3) is 0.158. The summed E-state index contributed by atoms with van der Waals surface area (Å²) in [6, 6.07) is 9.05. The Labute approximate surface area is 160 Å². The van der Waals surface area contributed by atoms with Gasteiger partial charge in [0.15, 0.2) is 11.3 Å². The minimum atomic E-state index is -0.490. The number of nitrogens with zero attached hydrogens (tertiary/aromatic N) is 5. The smallest absolute Gasteiger partial charge is 0.356 e. The van der Waals surface area contributed by atoms with Gasteiger partial charge in [0.25, 0.3) is 0 Å². The van der Waals surface area contributed by atoms with Crippen LogP contribution in [0.4, 0.5) is 0 Å². The van der Waals surface area contributed by atoms with Crippen LogP contribution in [0.5, 0.6) is 0 Å². The van der Waals surface area contributed by atoms with Gasteiger partial charge in [-0.2, -0.15) is 10.2 Å². The van der Waals surface area contributed by atoms with E-state index >= 15 is 0 Å². The number of methoxy groups -OCH3 is 1. The minimum Gasteiger partial charge on any atom is -0.464 e. The zero-order chi connectivity index (χ0) is 19.1. The summed E-state index contributed by atoms with van der Waals surface area (Å²) in [6.07, 6.45) is 3.55. The number of carbonyl (C=O) groups is 1. The van der Waals surface area contributed by atoms with Crippen LogP contribution >= 0.6 is 11.6 Å². The number of aromatic nitrogens is 5. The molecule has 0 unspecified atom stereocenters. The van der Waals surface area contributed by atoms with Crippen molar-refractivity contribution in [2.24, 2.45) is 7.05 Å². The molecule has 0 aliphatic rings. The SMILES string of the molecule is COC(=O)c1cc(-c2cn(C)nc2C)nc2c(-c3ccc(Cl)cc3)cnn12. The Kier molecular flexibility index (Phi) is 4.16. The fourth-order valence-electron chi connectivity index (χ4n) is 3.03. The maximum atomic E-state index is 12.3. The van der Waals surface area contributed by atoms with Gasteiger partial charge < -0.3 is 4.74 Å². The Balaban J connectivity index is 2.00. The van der Waals surface area contributed by atoms with Gasteiger partial charge in [0.2, 0.25) is 0 Å². The third-order valence-corrected chi connectivity index (χ3v) is 4.56. The van der Waals surface area contributed by atoms with E-state index in [1.54, 1.807) is 29.1 Å². The highest BCUT2D eigenvalue weighted by molar-refractivity contribution is 6.30. The highest BCUT2D eigenvalue weighted by Crippen LogP contribution is 2.29. The molecule has 3 aromatic heterocycles. The van der Waals surface area contributed by atoms with Crippen LogP contribution in [0.1, 0.15) is 16.2 Å². The van der Waals surface area contributed by atoms with Crippen LogP contribution in [0.25, 0.3) is 28.0 Å². The van der Waals surface area contributed by atoms with Crippen molar-refractivity contribution in [2.75, 3.05) is 7.11 Å². The van der Waals surface area contributed by atoms with E-state index in [0.717, 1.165) is 22.4 Å². The molecule has 0 bridgehead atoms. The Morgan fingerprint density at radius 1 is 1.19 bits per heavy atom. The normalized spacial score (nSPS) is 11.1. The predicted molar refractivity (Wildman–Crippen MR) is 102 cm³/mol. The van der Waals surface area contributed by atoms with Gasteiger partial charge in [-0.25, -0.2) is 14.3 Å². The lowest BCUT2D eigenvalue weighted by molar-refractivity contribution is 0.0590. The van der Waals surface area contributed by atoms with Gasteiger partial charge >= 0.3 is 5.97 Å². The summed E-state index contributed by atoms with van der Waals surface area (Å²) >= 11 is 5.99. The molecule has 8 heteroatoms. The van der Waals surface area contributed by atoms with E-state index in [0.29, 0.717) is 22.1 Å². The first-order valence-corrected chi connectivity index (χ1v) is 8.59. The number of esters is 1. The molecule has 0 saturated carbocycles. The number of rotatable bonds is 3. The average Bonchev–Trinajstić information content (AvgIpc) is 3.23. The van der Waals surface area contributed by atoms with Crippen molar-refractivity contribution in [3.05, 3.63) is 59.1 Å². The van der Waals surface area contributed by atoms with Gasteiger partial charge in [0.1, 0.15) is 0 Å². The number of hydrogen-bond donors (Lipinski definition) is 0. The molecule has 0 N–H and O–H groups in total. The lowest BCUT2D eigenvalue weighted by Crippen LogP contribution is -2.10. The van der Waals surface area contributed by atoms with Crippen LogP contribution in [0.3, 0.4) is 0 Å². The summed E-state index contributed by atoms with van der Waals surface area (Å²) in [6.45, 7) is 1.90. The quantitative estimate of drug-likeness (QED) is 0.507. The molecule has 3 heterocycles. The van der Waals surface area contributed by atoms with E-state index in [9.17, 15) is 4.79 Å². The van der Waals surface area contributed by atoms with Crippen LogP contribution in [0.2, 0.25) is 5.02 Å². The summed E-state index contributed by atoms with van der Waals surface area (Å²) in [5, 5.41) is 9.36. The van der Waals surface area contributed by atoms with Gasteiger partial charge in [-0.3, -0.25) is 4.68 Å². The highest BCUT2D eigenvalue weighted by atomic mass is 35.5. The van der Waals surface area contributed by atoms with Crippen molar-refractivity contribution >= 4 is 23.2 Å². The van der Waals surface area contributed by atoms with Gasteiger partial charge in [0.05, 0.1) is 24.7 Å². The second-order valence-corrected chi connectivity index (χ2v) is 6.56. The first-order valence-electron chi connectivity index (χ1n) is 8.21. The van der Waals surface area contributed by atoms with Crippen molar-refractivity contribution < 1.29 is 9.53 Å². The molecule has 0 aliphatic carbocycles. The van der Waals surface area contributed by atoms with Crippen LogP contribution in [0.15, 0.2) is 42.7 Å². The largest absolute Gasteiger partial charge is 0.464 e. The molecule has 1 aromatic carbocycles. The van der Waals surface area contributed by atoms with Gasteiger partial charge in [-0.1, -0.05) is 23.7 Å². The number of fused-ring (bicyclic) bond motifs is 1. The highest BCUT2D eigenvalue weighted by Gasteiger charge is 2.20. The number of ether oxygens (including phenoxy) is 1. The molecule has 0 amide bonds. The van der Waals surface area contributed by atoms with E-state index in [1.807, 2.05) is 32.3 Å². The molecule has 7 nitrogen and oxygen atoms in total. The molecular formula is C19H16ClN5O2. The molecule has 0 aliphatic heterocycles. The fourth-order valence-corrected chi connectivity index (χ4v) is 3.16. The van der Waals surface area contributed by atoms with Crippen molar-refractivity contribution in [3.8, 4) is 22.4 Å². The first-order chi connectivity index (χ1) is 13.0. The van der Waals surface area contributed by atoms with Crippen LogP contribution < -0.4 is 0 Å². The van der Waals surface area contributed by atoms with Gasteiger partial charge in [-0.15, -0.1) is 0 Å². The van der Waals surface area contributed by atoms with Crippen molar-refractivity contribution in [1.29, 1.82) is 0 Å². The third-order valence-electron chi connectivity index (χ3n) is 4.31. The summed E-state index contributed by atoms with van der Waals surface area (Å²) < 4.78 is 8.14. The predicted octanol–water partition coefficient (Wildman–Crippen LogP) is 3.55. The van der Waals surface area contributed by atoms with Crippen molar-refractivity contribution in [2.45, 2.75) is 6.92 Å². The summed E-state index contributed by atoms with van der Waals surface area (Å²) in [5.41, 5.74) is 4.83. The van der Waals surface area contributed by atoms with Crippen molar-refractivity contribution in [1.82, 2.24) is 24.4 Å². The van der Waals surface area contributed by atoms with Crippen molar-refractivity contribution in [3.63, 3.8) is 0 Å². The summed E-state index contributed by atoms with van der Waals surface area (Å²) in [7, 11) is 3.18. The minimum absolute atomic E-state index is 0.293. The monoisotopic (exact) mass is 381 g/mol. The zero-order valence-corrected chi connectivity index (χ0v) is 15.7. The molecule has 0 fully saturated rings. The van der Waals surface area contributed by atoms with E-state index < -0.39 is 5.97 Å². The lowest BCUT2D eigenvalue weighted by Gasteiger charge is -2.07. The number of aryl methyl sites for hydroxylation is 2. The topological polar surface area (TPSA) is 74.3 Å². The second kappa shape index (κ2) is 6.51. The van der Waals surface area contributed by atoms with E-state index in [-0.39, 0.29) is 0 Å². The zero-order valence-electron chi connectivity index (χ0n) is 15.0. The maximum Gasteiger partial charge on any atom is 0.356 e. The lowest BCUT2D eigenvalue weighted by atomic mass is 10.1. The molecule has 27 heavy (non-hydrogen) atoms. The number of hydrogen-bond acceptors (Lipinski definition) is 5. The second-order valence-electron chi connectivity index (χ2n) is 6.12. The molecule has 0 spiro atoms. The Hall–Kier alpha value is -3.19. The van der Waals surface area contributed by atoms with Crippen LogP contribution in [-0.2, 0) is 11.8 Å². The molecule has 136 valence electrons. The average molecular weight is 382 g/mol. The summed E-state index contributed by atoms with van der Waals surface area (Å²) in [5.74, 6) is -0.490. The van der Waals surface area contributed by atoms with Crippen LogP contribution in [-0.4, -0.2) is 37.5 Å². The number of benzene rings is 1. The molecule has 4 aromatic rings. The maximum absolute atomic E-state index is 12.3. The summed E-state index contributed by atoms with van der Waals surface area (Å²) in [4.78, 5) is 17.1. The third kappa shape index (κ3) is 2.96. The molecule has 0 radical (unpaired) electrons. The Morgan fingerprint density at radius 2 is 1.93 bits per heavy atom. The Bertz CT molecular complexity index is 1160. The van der Waals surface area contributed by atoms with Gasteiger partial charge in [-0.05, 0) is 30.7 Å². The van der Waals surface area contributed by atoms with E-state index in [2.05, 4.69) is 10.2 Å². The first kappa shape index (κ1) is 17.2. The number of carbonyl (C=O) groups excluding carboxylic acids is 1. The van der Waals surface area contributed by atoms with E-state index in [1.165, 1.54) is 11.6 Å². The van der Waals surface area contributed by atoms with Gasteiger partial charge in [0, 0.05) is 29.4 Å². The standard InChI is InChI=1S/C19H16ClN5O2/c1-11-15(10-24(2)23-11)16-8-17(19(26)27-3)25-18(22-16)14(9-21-25)12-4-6-13(20)7-5-12/h4-10H,1-3H3. The Morgan fingerprint density at radius 3 is 2.56 bits per heavy atom. The molecule has 0 saturated heterocycles. The molecule has 0 atom stereocenters. The van der Waals surface area contributed by atoms with Crippen LogP contribution in [0, 0.1) is 6.92 Å². The number of halogens is 1.